The van der Waals surface area contributed by atoms with E-state index < -0.39 is 5.97 Å². The largest absolute Gasteiger partial charge is 0.481 e. The first kappa shape index (κ1) is 14.8. The molecule has 1 saturated heterocycles. The Labute approximate surface area is 117 Å². The van der Waals surface area contributed by atoms with E-state index in [-0.39, 0.29) is 0 Å². The van der Waals surface area contributed by atoms with Gasteiger partial charge < -0.3 is 5.11 Å². The lowest BCUT2D eigenvalue weighted by Crippen LogP contribution is -2.46. The summed E-state index contributed by atoms with van der Waals surface area (Å²) in [4.78, 5) is 13.5. The van der Waals surface area contributed by atoms with Gasteiger partial charge in [-0.3, -0.25) is 9.69 Å². The highest BCUT2D eigenvalue weighted by atomic mass is 16.4. The first-order chi connectivity index (χ1) is 9.27. The predicted octanol–water partition coefficient (Wildman–Crippen LogP) is 3.82. The van der Waals surface area contributed by atoms with Crippen molar-refractivity contribution in [2.24, 2.45) is 0 Å². The molecule has 0 aromatic heterocycles. The van der Waals surface area contributed by atoms with Crippen molar-refractivity contribution < 1.29 is 9.90 Å². The lowest BCUT2D eigenvalue weighted by atomic mass is 9.90. The Morgan fingerprint density at radius 1 is 0.947 bits per heavy atom. The van der Waals surface area contributed by atoms with Gasteiger partial charge >= 0.3 is 5.97 Å². The molecule has 0 aromatic rings. The highest BCUT2D eigenvalue weighted by Gasteiger charge is 2.28. The standard InChI is InChI=1S/C16H29NO2/c18-16(19)12-11-15-10-6-7-13-17(15)14-8-4-2-1-3-5-9-14/h14-15H,1-13H2,(H,18,19). The van der Waals surface area contributed by atoms with Crippen LogP contribution in [0, 0.1) is 0 Å². The average molecular weight is 267 g/mol. The quantitative estimate of drug-likeness (QED) is 0.842. The van der Waals surface area contributed by atoms with Crippen LogP contribution in [-0.2, 0) is 4.79 Å². The van der Waals surface area contributed by atoms with Crippen molar-refractivity contribution in [3.05, 3.63) is 0 Å². The number of aliphatic carboxylic acids is 1. The van der Waals surface area contributed by atoms with Crippen LogP contribution in [0.1, 0.15) is 77.0 Å². The first-order valence-electron chi connectivity index (χ1n) is 8.25. The van der Waals surface area contributed by atoms with E-state index in [1.165, 1.54) is 70.8 Å². The Hall–Kier alpha value is -0.570. The molecule has 0 bridgehead atoms. The van der Waals surface area contributed by atoms with Crippen LogP contribution in [0.3, 0.4) is 0 Å². The number of hydrogen-bond donors (Lipinski definition) is 1. The van der Waals surface area contributed by atoms with Crippen LogP contribution in [-0.4, -0.2) is 34.6 Å². The minimum atomic E-state index is -0.636. The van der Waals surface area contributed by atoms with Crippen LogP contribution in [0.5, 0.6) is 0 Å². The molecule has 1 aliphatic heterocycles. The second-order valence-corrected chi connectivity index (χ2v) is 6.32. The van der Waals surface area contributed by atoms with Gasteiger partial charge in [-0.05, 0) is 38.6 Å². The van der Waals surface area contributed by atoms with Crippen LogP contribution in [0.4, 0.5) is 0 Å². The van der Waals surface area contributed by atoms with Gasteiger partial charge in [0.15, 0.2) is 0 Å². The zero-order valence-electron chi connectivity index (χ0n) is 12.1. The second-order valence-electron chi connectivity index (χ2n) is 6.32. The minimum absolute atomic E-state index is 0.341. The molecular formula is C16H29NO2. The fourth-order valence-corrected chi connectivity index (χ4v) is 3.87. The van der Waals surface area contributed by atoms with Crippen molar-refractivity contribution in [2.45, 2.75) is 89.1 Å². The van der Waals surface area contributed by atoms with E-state index in [1.54, 1.807) is 0 Å². The molecule has 1 N–H and O–H groups in total. The maximum atomic E-state index is 10.8. The Morgan fingerprint density at radius 3 is 2.26 bits per heavy atom. The molecular weight excluding hydrogens is 238 g/mol. The molecule has 3 heteroatoms. The summed E-state index contributed by atoms with van der Waals surface area (Å²) >= 11 is 0. The molecule has 2 rings (SSSR count). The van der Waals surface area contributed by atoms with E-state index in [0.717, 1.165) is 12.5 Å². The summed E-state index contributed by atoms with van der Waals surface area (Å²) in [5, 5.41) is 8.90. The summed E-state index contributed by atoms with van der Waals surface area (Å²) in [5.74, 6) is -0.636. The predicted molar refractivity (Wildman–Crippen MR) is 77.3 cm³/mol. The van der Waals surface area contributed by atoms with Crippen molar-refractivity contribution in [3.8, 4) is 0 Å². The van der Waals surface area contributed by atoms with E-state index in [9.17, 15) is 4.79 Å². The summed E-state index contributed by atoms with van der Waals surface area (Å²) in [7, 11) is 0. The number of hydrogen-bond acceptors (Lipinski definition) is 2. The zero-order chi connectivity index (χ0) is 13.5. The van der Waals surface area contributed by atoms with Crippen LogP contribution in [0.2, 0.25) is 0 Å². The third kappa shape index (κ3) is 4.79. The molecule has 110 valence electrons. The average Bonchev–Trinajstić information content (AvgIpc) is 2.36. The topological polar surface area (TPSA) is 40.5 Å². The monoisotopic (exact) mass is 267 g/mol. The second kappa shape index (κ2) is 7.88. The van der Waals surface area contributed by atoms with Crippen LogP contribution < -0.4 is 0 Å². The Kier molecular flexibility index (Phi) is 6.15. The molecule has 0 aromatic carbocycles. The third-order valence-corrected chi connectivity index (χ3v) is 4.91. The molecule has 0 amide bonds. The van der Waals surface area contributed by atoms with Crippen LogP contribution in [0.25, 0.3) is 0 Å². The van der Waals surface area contributed by atoms with Gasteiger partial charge in [0.25, 0.3) is 0 Å². The van der Waals surface area contributed by atoms with Crippen molar-refractivity contribution in [1.29, 1.82) is 0 Å². The summed E-state index contributed by atoms with van der Waals surface area (Å²) in [6.07, 6.45) is 14.6. The van der Waals surface area contributed by atoms with Gasteiger partial charge in [-0.2, -0.15) is 0 Å². The number of likely N-dealkylation sites (tertiary alicyclic amines) is 1. The highest BCUT2D eigenvalue weighted by Crippen LogP contribution is 2.29. The number of carbonyl (C=O) groups is 1. The molecule has 1 atom stereocenters. The molecule has 0 radical (unpaired) electrons. The summed E-state index contributed by atoms with van der Waals surface area (Å²) in [5.41, 5.74) is 0. The normalized spacial score (nSPS) is 27.7. The maximum Gasteiger partial charge on any atom is 0.303 e. The Balaban J connectivity index is 1.90. The van der Waals surface area contributed by atoms with Gasteiger partial charge in [-0.1, -0.05) is 38.5 Å². The van der Waals surface area contributed by atoms with E-state index in [0.29, 0.717) is 12.5 Å². The molecule has 2 aliphatic rings. The van der Waals surface area contributed by atoms with Crippen LogP contribution >= 0.6 is 0 Å². The van der Waals surface area contributed by atoms with Gasteiger partial charge in [0.1, 0.15) is 0 Å². The Morgan fingerprint density at radius 2 is 1.58 bits per heavy atom. The van der Waals surface area contributed by atoms with E-state index in [1.807, 2.05) is 0 Å². The van der Waals surface area contributed by atoms with Crippen molar-refractivity contribution in [3.63, 3.8) is 0 Å². The van der Waals surface area contributed by atoms with E-state index >= 15 is 0 Å². The molecule has 1 aliphatic carbocycles. The Bertz CT molecular complexity index is 272. The molecule has 1 heterocycles. The van der Waals surface area contributed by atoms with Crippen molar-refractivity contribution in [2.75, 3.05) is 6.54 Å². The number of nitrogens with zero attached hydrogens (tertiary/aromatic N) is 1. The van der Waals surface area contributed by atoms with E-state index in [4.69, 9.17) is 5.11 Å². The lowest BCUT2D eigenvalue weighted by molar-refractivity contribution is -0.137. The maximum absolute atomic E-state index is 10.8. The highest BCUT2D eigenvalue weighted by molar-refractivity contribution is 5.66. The minimum Gasteiger partial charge on any atom is -0.481 e. The van der Waals surface area contributed by atoms with Crippen molar-refractivity contribution in [1.82, 2.24) is 4.90 Å². The summed E-state index contributed by atoms with van der Waals surface area (Å²) in [6, 6.07) is 1.27. The third-order valence-electron chi connectivity index (χ3n) is 4.91. The van der Waals surface area contributed by atoms with Gasteiger partial charge in [0, 0.05) is 18.5 Å². The fourth-order valence-electron chi connectivity index (χ4n) is 3.87. The molecule has 2 fully saturated rings. The first-order valence-corrected chi connectivity index (χ1v) is 8.25. The number of carboxylic acids is 1. The smallest absolute Gasteiger partial charge is 0.303 e. The molecule has 19 heavy (non-hydrogen) atoms. The van der Waals surface area contributed by atoms with Gasteiger partial charge in [0.2, 0.25) is 0 Å². The van der Waals surface area contributed by atoms with Gasteiger partial charge in [-0.15, -0.1) is 0 Å². The van der Waals surface area contributed by atoms with Gasteiger partial charge in [-0.25, -0.2) is 0 Å². The number of piperidine rings is 1. The fraction of sp³-hybridized carbons (Fsp3) is 0.938. The molecule has 3 nitrogen and oxygen atoms in total. The lowest BCUT2D eigenvalue weighted by Gasteiger charge is -2.42. The van der Waals surface area contributed by atoms with Gasteiger partial charge in [0.05, 0.1) is 0 Å². The summed E-state index contributed by atoms with van der Waals surface area (Å²) < 4.78 is 0. The molecule has 0 spiro atoms. The SMILES string of the molecule is O=C(O)CCC1CCCCN1C1CCCCCCC1. The summed E-state index contributed by atoms with van der Waals surface area (Å²) in [6.45, 7) is 1.20. The number of rotatable bonds is 4. The zero-order valence-corrected chi connectivity index (χ0v) is 12.1. The van der Waals surface area contributed by atoms with E-state index in [2.05, 4.69) is 4.90 Å². The van der Waals surface area contributed by atoms with Crippen LogP contribution in [0.15, 0.2) is 0 Å². The number of carboxylic acid groups (broad SMARTS) is 1. The molecule has 1 saturated carbocycles. The molecule has 1 unspecified atom stereocenters. The van der Waals surface area contributed by atoms with Crippen molar-refractivity contribution >= 4 is 5.97 Å².